The topological polar surface area (TPSA) is 38.7 Å². The third-order valence-corrected chi connectivity index (χ3v) is 9.62. The highest BCUT2D eigenvalue weighted by Gasteiger charge is 2.17. The molecule has 45 heavy (non-hydrogen) atoms. The summed E-state index contributed by atoms with van der Waals surface area (Å²) in [5.74, 6) is 1.99. The lowest BCUT2D eigenvalue weighted by atomic mass is 10.0. The Hall–Kier alpha value is -5.71. The standard InChI is InChI=1S/C41H25N3S/c1-2-9-26(10-3-1)28-17-20-29(21-18-28)39-42-40(33-22-19-27-11-4-5-12-30(27)23-33)44-41(43-39)34-15-8-16-36-38(34)35-24-31-13-6-7-14-32(31)25-37(35)45-36/h1-25H. The highest BCUT2D eigenvalue weighted by molar-refractivity contribution is 7.26. The van der Waals surface area contributed by atoms with Gasteiger partial charge in [0.25, 0.3) is 0 Å². The predicted molar refractivity (Wildman–Crippen MR) is 189 cm³/mol. The first-order chi connectivity index (χ1) is 22.3. The van der Waals surface area contributed by atoms with Crippen molar-refractivity contribution < 1.29 is 0 Å². The van der Waals surface area contributed by atoms with E-state index in [1.165, 1.54) is 41.9 Å². The van der Waals surface area contributed by atoms with Crippen LogP contribution in [0.2, 0.25) is 0 Å². The van der Waals surface area contributed by atoms with Crippen molar-refractivity contribution in [1.29, 1.82) is 0 Å². The molecule has 0 saturated heterocycles. The highest BCUT2D eigenvalue weighted by atomic mass is 32.1. The maximum atomic E-state index is 5.15. The van der Waals surface area contributed by atoms with E-state index >= 15 is 0 Å². The molecule has 0 aliphatic rings. The monoisotopic (exact) mass is 591 g/mol. The minimum atomic E-state index is 0.657. The second-order valence-electron chi connectivity index (χ2n) is 11.3. The molecule has 4 heteroatoms. The van der Waals surface area contributed by atoms with Crippen molar-refractivity contribution in [3.8, 4) is 45.3 Å². The van der Waals surface area contributed by atoms with Crippen molar-refractivity contribution in [2.75, 3.05) is 0 Å². The Morgan fingerprint density at radius 1 is 0.356 bits per heavy atom. The summed E-state index contributed by atoms with van der Waals surface area (Å²) in [6, 6.07) is 53.3. The van der Waals surface area contributed by atoms with Crippen LogP contribution in [0.15, 0.2) is 152 Å². The van der Waals surface area contributed by atoms with Crippen LogP contribution >= 0.6 is 11.3 Å². The molecule has 0 fully saturated rings. The smallest absolute Gasteiger partial charge is 0.164 e. The molecule has 2 heterocycles. The summed E-state index contributed by atoms with van der Waals surface area (Å²) < 4.78 is 2.48. The first kappa shape index (κ1) is 25.8. The molecule has 0 unspecified atom stereocenters. The number of fused-ring (bicyclic) bond motifs is 5. The van der Waals surface area contributed by atoms with Crippen LogP contribution in [0.3, 0.4) is 0 Å². The Labute approximate surface area is 264 Å². The van der Waals surface area contributed by atoms with E-state index in [1.54, 1.807) is 0 Å². The quantitative estimate of drug-likeness (QED) is 0.204. The zero-order valence-corrected chi connectivity index (χ0v) is 25.0. The van der Waals surface area contributed by atoms with Gasteiger partial charge in [0, 0.05) is 36.9 Å². The van der Waals surface area contributed by atoms with Gasteiger partial charge in [-0.25, -0.2) is 15.0 Å². The summed E-state index contributed by atoms with van der Waals surface area (Å²) in [5, 5.41) is 7.23. The van der Waals surface area contributed by atoms with Crippen molar-refractivity contribution in [3.63, 3.8) is 0 Å². The molecule has 0 bridgehead atoms. The van der Waals surface area contributed by atoms with Gasteiger partial charge in [-0.15, -0.1) is 11.3 Å². The zero-order valence-electron chi connectivity index (χ0n) is 24.2. The third kappa shape index (κ3) is 4.55. The van der Waals surface area contributed by atoms with Gasteiger partial charge >= 0.3 is 0 Å². The van der Waals surface area contributed by atoms with E-state index in [9.17, 15) is 0 Å². The van der Waals surface area contributed by atoms with Gasteiger partial charge in [0.15, 0.2) is 17.5 Å². The van der Waals surface area contributed by atoms with Crippen molar-refractivity contribution in [1.82, 2.24) is 15.0 Å². The summed E-state index contributed by atoms with van der Waals surface area (Å²) in [4.78, 5) is 15.4. The van der Waals surface area contributed by atoms with Crippen LogP contribution < -0.4 is 0 Å². The van der Waals surface area contributed by atoms with Crippen molar-refractivity contribution in [2.45, 2.75) is 0 Å². The number of benzene rings is 7. The first-order valence-electron chi connectivity index (χ1n) is 15.0. The molecular formula is C41H25N3S. The molecule has 0 atom stereocenters. The average molecular weight is 592 g/mol. The molecule has 0 aliphatic carbocycles. The molecular weight excluding hydrogens is 567 g/mol. The van der Waals surface area contributed by atoms with E-state index < -0.39 is 0 Å². The van der Waals surface area contributed by atoms with E-state index in [2.05, 4.69) is 146 Å². The lowest BCUT2D eigenvalue weighted by Crippen LogP contribution is -2.00. The molecule has 210 valence electrons. The van der Waals surface area contributed by atoms with Gasteiger partial charge in [-0.1, -0.05) is 127 Å². The molecule has 0 amide bonds. The van der Waals surface area contributed by atoms with Crippen LogP contribution in [0.25, 0.3) is 87.0 Å². The number of hydrogen-bond acceptors (Lipinski definition) is 4. The minimum absolute atomic E-state index is 0.657. The largest absolute Gasteiger partial charge is 0.208 e. The fourth-order valence-corrected chi connectivity index (χ4v) is 7.39. The molecule has 2 aromatic heterocycles. The Kier molecular flexibility index (Phi) is 6.00. The summed E-state index contributed by atoms with van der Waals surface area (Å²) >= 11 is 1.82. The highest BCUT2D eigenvalue weighted by Crippen LogP contribution is 2.41. The summed E-state index contributed by atoms with van der Waals surface area (Å²) in [7, 11) is 0. The Morgan fingerprint density at radius 2 is 0.933 bits per heavy atom. The fourth-order valence-electron chi connectivity index (χ4n) is 6.22. The number of hydrogen-bond donors (Lipinski definition) is 0. The van der Waals surface area contributed by atoms with Crippen molar-refractivity contribution in [2.24, 2.45) is 0 Å². The van der Waals surface area contributed by atoms with Crippen LogP contribution in [-0.2, 0) is 0 Å². The van der Waals surface area contributed by atoms with Crippen LogP contribution in [0.5, 0.6) is 0 Å². The molecule has 9 aromatic rings. The maximum absolute atomic E-state index is 5.15. The van der Waals surface area contributed by atoms with Crippen LogP contribution in [0.1, 0.15) is 0 Å². The van der Waals surface area contributed by atoms with Crippen molar-refractivity contribution in [3.05, 3.63) is 152 Å². The van der Waals surface area contributed by atoms with Gasteiger partial charge in [0.2, 0.25) is 0 Å². The second-order valence-corrected chi connectivity index (χ2v) is 12.4. The van der Waals surface area contributed by atoms with Gasteiger partial charge in [0.05, 0.1) is 0 Å². The molecule has 0 radical (unpaired) electrons. The Bertz CT molecular complexity index is 2530. The minimum Gasteiger partial charge on any atom is -0.208 e. The van der Waals surface area contributed by atoms with Crippen molar-refractivity contribution >= 4 is 53.1 Å². The summed E-state index contributed by atoms with van der Waals surface area (Å²) in [6.07, 6.45) is 0. The number of rotatable bonds is 4. The Morgan fingerprint density at radius 3 is 1.71 bits per heavy atom. The lowest BCUT2D eigenvalue weighted by molar-refractivity contribution is 1.08. The SMILES string of the molecule is c1ccc(-c2ccc(-c3nc(-c4ccc5ccccc5c4)nc(-c4cccc5sc6cc7ccccc7cc6c45)n3)cc2)cc1. The normalized spacial score (nSPS) is 11.6. The average Bonchev–Trinajstić information content (AvgIpc) is 3.48. The Balaban J connectivity index is 1.26. The fraction of sp³-hybridized carbons (Fsp3) is 0. The maximum Gasteiger partial charge on any atom is 0.164 e. The second kappa shape index (κ2) is 10.5. The first-order valence-corrected chi connectivity index (χ1v) is 15.8. The lowest BCUT2D eigenvalue weighted by Gasteiger charge is -2.11. The molecule has 0 saturated carbocycles. The zero-order chi connectivity index (χ0) is 29.7. The van der Waals surface area contributed by atoms with E-state index in [0.717, 1.165) is 27.6 Å². The van der Waals surface area contributed by atoms with Gasteiger partial charge in [-0.05, 0) is 56.9 Å². The summed E-state index contributed by atoms with van der Waals surface area (Å²) in [5.41, 5.74) is 5.27. The van der Waals surface area contributed by atoms with Gasteiger partial charge in [-0.2, -0.15) is 0 Å². The molecule has 7 aromatic carbocycles. The number of nitrogens with zero attached hydrogens (tertiary/aromatic N) is 3. The number of aromatic nitrogens is 3. The van der Waals surface area contributed by atoms with Gasteiger partial charge < -0.3 is 0 Å². The molecule has 0 N–H and O–H groups in total. The molecule has 0 spiro atoms. The van der Waals surface area contributed by atoms with Crippen LogP contribution in [0.4, 0.5) is 0 Å². The van der Waals surface area contributed by atoms with E-state index in [0.29, 0.717) is 17.5 Å². The van der Waals surface area contributed by atoms with E-state index in [4.69, 9.17) is 15.0 Å². The van der Waals surface area contributed by atoms with Gasteiger partial charge in [-0.3, -0.25) is 0 Å². The van der Waals surface area contributed by atoms with Crippen LogP contribution in [0, 0.1) is 0 Å². The molecule has 3 nitrogen and oxygen atoms in total. The molecule has 9 rings (SSSR count). The van der Waals surface area contributed by atoms with Gasteiger partial charge in [0.1, 0.15) is 0 Å². The molecule has 0 aliphatic heterocycles. The van der Waals surface area contributed by atoms with E-state index in [-0.39, 0.29) is 0 Å². The summed E-state index contributed by atoms with van der Waals surface area (Å²) in [6.45, 7) is 0. The van der Waals surface area contributed by atoms with E-state index in [1.807, 2.05) is 17.4 Å². The number of thiophene rings is 1. The third-order valence-electron chi connectivity index (χ3n) is 8.50. The van der Waals surface area contributed by atoms with Crippen LogP contribution in [-0.4, -0.2) is 15.0 Å². The predicted octanol–water partition coefficient (Wildman–Crippen LogP) is 11.2.